The molecule has 3 aliphatic heterocycles. The zero-order valence-electron chi connectivity index (χ0n) is 15.6. The summed E-state index contributed by atoms with van der Waals surface area (Å²) in [5, 5.41) is 9.95. The average molecular weight is 339 g/mol. The summed E-state index contributed by atoms with van der Waals surface area (Å²) in [6, 6.07) is 2.53. The maximum Gasteiger partial charge on any atom is 0.149 e. The summed E-state index contributed by atoms with van der Waals surface area (Å²) in [5.74, 6) is 2.80. The molecule has 0 spiro atoms. The van der Waals surface area contributed by atoms with E-state index in [1.807, 2.05) is 0 Å². The third kappa shape index (κ3) is 3.08. The highest BCUT2D eigenvalue weighted by Crippen LogP contribution is 2.37. The number of piperidine rings is 1. The predicted molar refractivity (Wildman–Crippen MR) is 101 cm³/mol. The van der Waals surface area contributed by atoms with Gasteiger partial charge in [-0.15, -0.1) is 0 Å². The van der Waals surface area contributed by atoms with Gasteiger partial charge in [0.05, 0.1) is 5.56 Å². The van der Waals surface area contributed by atoms with Gasteiger partial charge in [-0.2, -0.15) is 5.26 Å². The van der Waals surface area contributed by atoms with E-state index in [9.17, 15) is 5.26 Å². The fourth-order valence-corrected chi connectivity index (χ4v) is 4.66. The van der Waals surface area contributed by atoms with E-state index in [1.165, 1.54) is 36.8 Å². The number of likely N-dealkylation sites (N-methyl/N-ethyl adjacent to an activating group) is 1. The molecule has 0 aromatic carbocycles. The van der Waals surface area contributed by atoms with E-state index >= 15 is 0 Å². The van der Waals surface area contributed by atoms with Crippen LogP contribution in [0.15, 0.2) is 0 Å². The Morgan fingerprint density at radius 2 is 1.76 bits per heavy atom. The fraction of sp³-hybridized carbons (Fsp3) is 0.700. The topological polar surface area (TPSA) is 46.4 Å². The highest BCUT2D eigenvalue weighted by atomic mass is 15.3. The summed E-state index contributed by atoms with van der Waals surface area (Å²) in [5.41, 5.74) is 3.42. The van der Waals surface area contributed by atoms with Crippen LogP contribution in [0.4, 0.5) is 11.6 Å². The highest BCUT2D eigenvalue weighted by Gasteiger charge is 2.30. The number of nitrogens with zero attached hydrogens (tertiary/aromatic N) is 5. The largest absolute Gasteiger partial charge is 0.356 e. The number of pyridine rings is 1. The molecule has 4 rings (SSSR count). The van der Waals surface area contributed by atoms with Gasteiger partial charge < -0.3 is 14.7 Å². The molecule has 3 aliphatic rings. The second-order valence-electron chi connectivity index (χ2n) is 8.08. The smallest absolute Gasteiger partial charge is 0.149 e. The molecule has 25 heavy (non-hydrogen) atoms. The monoisotopic (exact) mass is 339 g/mol. The Hall–Kier alpha value is -1.80. The molecule has 1 unspecified atom stereocenters. The maximum atomic E-state index is 9.95. The van der Waals surface area contributed by atoms with Gasteiger partial charge >= 0.3 is 0 Å². The van der Waals surface area contributed by atoms with Crippen molar-refractivity contribution in [2.45, 2.75) is 45.6 Å². The number of anilines is 2. The third-order valence-electron chi connectivity index (χ3n) is 6.02. The van der Waals surface area contributed by atoms with E-state index in [2.05, 4.69) is 34.7 Å². The molecule has 2 saturated heterocycles. The Morgan fingerprint density at radius 1 is 1.00 bits per heavy atom. The molecule has 1 aromatic rings. The van der Waals surface area contributed by atoms with E-state index in [0.717, 1.165) is 62.9 Å². The van der Waals surface area contributed by atoms with Gasteiger partial charge in [0.25, 0.3) is 0 Å². The van der Waals surface area contributed by atoms with Crippen molar-refractivity contribution in [2.75, 3.05) is 49.6 Å². The zero-order valence-corrected chi connectivity index (χ0v) is 15.6. The van der Waals surface area contributed by atoms with Crippen LogP contribution in [0.25, 0.3) is 0 Å². The lowest BCUT2D eigenvalue weighted by atomic mass is 9.94. The van der Waals surface area contributed by atoms with Gasteiger partial charge in [0.15, 0.2) is 0 Å². The van der Waals surface area contributed by atoms with E-state index in [4.69, 9.17) is 4.98 Å². The lowest BCUT2D eigenvalue weighted by Gasteiger charge is -2.36. The molecule has 0 saturated carbocycles. The van der Waals surface area contributed by atoms with Crippen LogP contribution in [0.3, 0.4) is 0 Å². The number of fused-ring (bicyclic) bond motifs is 1. The zero-order chi connectivity index (χ0) is 17.4. The molecular weight excluding hydrogens is 310 g/mol. The first-order chi connectivity index (χ1) is 12.2. The summed E-state index contributed by atoms with van der Waals surface area (Å²) in [6.45, 7) is 8.52. The average Bonchev–Trinajstić information content (AvgIpc) is 3.14. The lowest BCUT2D eigenvalue weighted by molar-refractivity contribution is 0.312. The standard InChI is InChI=1S/C20H29N5/c1-15-6-5-10-25(13-15)19-17(12-21)16-7-11-23(2)14-18(16)20(22-19)24-8-3-4-9-24/h15H,3-11,13-14H2,1-2H3. The van der Waals surface area contributed by atoms with Gasteiger partial charge in [0.1, 0.15) is 17.7 Å². The Labute approximate surface area is 151 Å². The van der Waals surface area contributed by atoms with Crippen LogP contribution < -0.4 is 9.80 Å². The summed E-state index contributed by atoms with van der Waals surface area (Å²) < 4.78 is 0. The van der Waals surface area contributed by atoms with Crippen LogP contribution in [0, 0.1) is 17.2 Å². The molecule has 0 aliphatic carbocycles. The molecule has 5 heteroatoms. The van der Waals surface area contributed by atoms with Crippen molar-refractivity contribution in [2.24, 2.45) is 5.92 Å². The van der Waals surface area contributed by atoms with E-state index < -0.39 is 0 Å². The van der Waals surface area contributed by atoms with Crippen LogP contribution in [-0.2, 0) is 13.0 Å². The first kappa shape index (κ1) is 16.7. The quantitative estimate of drug-likeness (QED) is 0.829. The molecule has 134 valence electrons. The molecule has 1 atom stereocenters. The van der Waals surface area contributed by atoms with Gasteiger partial charge in [-0.1, -0.05) is 6.92 Å². The van der Waals surface area contributed by atoms with E-state index in [-0.39, 0.29) is 0 Å². The summed E-state index contributed by atoms with van der Waals surface area (Å²) in [7, 11) is 2.17. The second kappa shape index (κ2) is 6.84. The molecular formula is C20H29N5. The first-order valence-electron chi connectivity index (χ1n) is 9.81. The third-order valence-corrected chi connectivity index (χ3v) is 6.02. The normalized spacial score (nSPS) is 24.3. The molecule has 1 aromatic heterocycles. The summed E-state index contributed by atoms with van der Waals surface area (Å²) in [6.07, 6.45) is 5.96. The number of aromatic nitrogens is 1. The van der Waals surface area contributed by atoms with E-state index in [0.29, 0.717) is 5.92 Å². The van der Waals surface area contributed by atoms with Crippen molar-refractivity contribution in [1.82, 2.24) is 9.88 Å². The molecule has 0 amide bonds. The minimum absolute atomic E-state index is 0.680. The Balaban J connectivity index is 1.83. The first-order valence-corrected chi connectivity index (χ1v) is 9.81. The van der Waals surface area contributed by atoms with Gasteiger partial charge in [-0.05, 0) is 50.6 Å². The second-order valence-corrected chi connectivity index (χ2v) is 8.08. The number of hydrogen-bond donors (Lipinski definition) is 0. The fourth-order valence-electron chi connectivity index (χ4n) is 4.66. The SMILES string of the molecule is CC1CCCN(c2nc(N3CCCC3)c3c(c2C#N)CCN(C)C3)C1. The number of hydrogen-bond acceptors (Lipinski definition) is 5. The minimum Gasteiger partial charge on any atom is -0.356 e. The Bertz CT molecular complexity index is 686. The molecule has 0 N–H and O–H groups in total. The van der Waals surface area contributed by atoms with Crippen molar-refractivity contribution in [1.29, 1.82) is 5.26 Å². The van der Waals surface area contributed by atoms with E-state index in [1.54, 1.807) is 0 Å². The van der Waals surface area contributed by atoms with Gasteiger partial charge in [0.2, 0.25) is 0 Å². The molecule has 0 radical (unpaired) electrons. The van der Waals surface area contributed by atoms with Crippen LogP contribution in [-0.4, -0.2) is 49.7 Å². The number of rotatable bonds is 2. The molecule has 2 fully saturated rings. The van der Waals surface area contributed by atoms with Crippen molar-refractivity contribution in [3.05, 3.63) is 16.7 Å². The van der Waals surface area contributed by atoms with Crippen LogP contribution in [0.5, 0.6) is 0 Å². The minimum atomic E-state index is 0.680. The molecule has 5 nitrogen and oxygen atoms in total. The van der Waals surface area contributed by atoms with Crippen molar-refractivity contribution < 1.29 is 0 Å². The number of nitriles is 1. The van der Waals surface area contributed by atoms with Crippen molar-refractivity contribution >= 4 is 11.6 Å². The van der Waals surface area contributed by atoms with Crippen molar-refractivity contribution in [3.63, 3.8) is 0 Å². The summed E-state index contributed by atoms with van der Waals surface area (Å²) >= 11 is 0. The molecule has 4 heterocycles. The van der Waals surface area contributed by atoms with Crippen LogP contribution >= 0.6 is 0 Å². The molecule has 0 bridgehead atoms. The van der Waals surface area contributed by atoms with Gasteiger partial charge in [0, 0.05) is 44.8 Å². The Kier molecular flexibility index (Phi) is 4.56. The van der Waals surface area contributed by atoms with Crippen molar-refractivity contribution in [3.8, 4) is 6.07 Å². The Morgan fingerprint density at radius 3 is 2.48 bits per heavy atom. The van der Waals surface area contributed by atoms with Crippen LogP contribution in [0.1, 0.15) is 49.3 Å². The summed E-state index contributed by atoms with van der Waals surface area (Å²) in [4.78, 5) is 12.3. The predicted octanol–water partition coefficient (Wildman–Crippen LogP) is 2.78. The van der Waals surface area contributed by atoms with Crippen LogP contribution in [0.2, 0.25) is 0 Å². The highest BCUT2D eigenvalue weighted by molar-refractivity contribution is 5.68. The van der Waals surface area contributed by atoms with Gasteiger partial charge in [-0.3, -0.25) is 0 Å². The maximum absolute atomic E-state index is 9.95. The lowest BCUT2D eigenvalue weighted by Crippen LogP contribution is -2.37. The van der Waals surface area contributed by atoms with Gasteiger partial charge in [-0.25, -0.2) is 4.98 Å².